The predicted octanol–water partition coefficient (Wildman–Crippen LogP) is 2.98. The van der Waals surface area contributed by atoms with Gasteiger partial charge in [0.2, 0.25) is 0 Å². The zero-order chi connectivity index (χ0) is 17.4. The third-order valence-electron chi connectivity index (χ3n) is 3.69. The Morgan fingerprint density at radius 1 is 1.38 bits per heavy atom. The highest BCUT2D eigenvalue weighted by molar-refractivity contribution is 7.09. The number of nitrogens with zero attached hydrogens (tertiary/aromatic N) is 1. The van der Waals surface area contributed by atoms with Crippen LogP contribution in [-0.2, 0) is 12.0 Å². The van der Waals surface area contributed by atoms with Gasteiger partial charge in [0.1, 0.15) is 11.4 Å². The molecule has 3 N–H and O–H groups in total. The first-order valence-corrected chi connectivity index (χ1v) is 9.20. The number of rotatable bonds is 8. The standard InChI is InChI=1S/C18H27N3O2S/c1-4-19-17(20-12-14(2)11-15-7-6-10-24-15)21-13-18(3,22)16-8-5-9-23-16/h5-10,14,22H,4,11-13H2,1-3H3,(H2,19,20,21). The number of hydrogen-bond acceptors (Lipinski definition) is 4. The lowest BCUT2D eigenvalue weighted by Gasteiger charge is -2.20. The first kappa shape index (κ1) is 18.5. The largest absolute Gasteiger partial charge is 0.466 e. The van der Waals surface area contributed by atoms with Gasteiger partial charge in [0, 0.05) is 18.0 Å². The summed E-state index contributed by atoms with van der Waals surface area (Å²) in [4.78, 5) is 5.89. The maximum Gasteiger partial charge on any atom is 0.191 e. The van der Waals surface area contributed by atoms with Gasteiger partial charge in [0.15, 0.2) is 5.96 Å². The van der Waals surface area contributed by atoms with E-state index in [1.807, 2.05) is 6.92 Å². The molecule has 24 heavy (non-hydrogen) atoms. The quantitative estimate of drug-likeness (QED) is 0.506. The molecule has 0 fully saturated rings. The molecule has 132 valence electrons. The number of nitrogens with one attached hydrogen (secondary N) is 2. The molecule has 2 atom stereocenters. The van der Waals surface area contributed by atoms with Gasteiger partial charge in [0.25, 0.3) is 0 Å². The number of thiophene rings is 1. The first-order chi connectivity index (χ1) is 11.5. The smallest absolute Gasteiger partial charge is 0.191 e. The van der Waals surface area contributed by atoms with E-state index in [1.165, 1.54) is 4.88 Å². The zero-order valence-electron chi connectivity index (χ0n) is 14.6. The Morgan fingerprint density at radius 2 is 2.21 bits per heavy atom. The Balaban J connectivity index is 1.88. The number of hydrogen-bond donors (Lipinski definition) is 3. The van der Waals surface area contributed by atoms with E-state index < -0.39 is 5.60 Å². The van der Waals surface area contributed by atoms with E-state index in [9.17, 15) is 5.11 Å². The average molecular weight is 350 g/mol. The van der Waals surface area contributed by atoms with Crippen LogP contribution in [0.2, 0.25) is 0 Å². The molecule has 0 saturated heterocycles. The highest BCUT2D eigenvalue weighted by Crippen LogP contribution is 2.21. The second kappa shape index (κ2) is 8.89. The van der Waals surface area contributed by atoms with Crippen molar-refractivity contribution in [3.8, 4) is 0 Å². The third kappa shape index (κ3) is 5.69. The SMILES string of the molecule is CCNC(=NCC(C)(O)c1ccco1)NCC(C)Cc1cccs1. The molecule has 0 aromatic carbocycles. The van der Waals surface area contributed by atoms with Gasteiger partial charge in [-0.2, -0.15) is 0 Å². The lowest BCUT2D eigenvalue weighted by molar-refractivity contribution is 0.0437. The van der Waals surface area contributed by atoms with Gasteiger partial charge in [-0.05, 0) is 49.8 Å². The average Bonchev–Trinajstić information content (AvgIpc) is 3.23. The maximum atomic E-state index is 10.5. The van der Waals surface area contributed by atoms with Gasteiger partial charge in [-0.3, -0.25) is 0 Å². The van der Waals surface area contributed by atoms with Crippen LogP contribution in [0.1, 0.15) is 31.4 Å². The van der Waals surface area contributed by atoms with Crippen molar-refractivity contribution in [2.45, 2.75) is 32.8 Å². The minimum absolute atomic E-state index is 0.231. The normalized spacial score (nSPS) is 15.8. The summed E-state index contributed by atoms with van der Waals surface area (Å²) in [6.07, 6.45) is 2.61. The minimum atomic E-state index is -1.12. The molecule has 0 aliphatic heterocycles. The van der Waals surface area contributed by atoms with Gasteiger partial charge in [-0.15, -0.1) is 11.3 Å². The molecule has 0 spiro atoms. The predicted molar refractivity (Wildman–Crippen MR) is 99.4 cm³/mol. The highest BCUT2D eigenvalue weighted by Gasteiger charge is 2.26. The molecule has 2 aromatic rings. The van der Waals surface area contributed by atoms with Crippen molar-refractivity contribution in [3.05, 3.63) is 46.5 Å². The summed E-state index contributed by atoms with van der Waals surface area (Å²) >= 11 is 1.79. The van der Waals surface area contributed by atoms with Gasteiger partial charge in [-0.1, -0.05) is 13.0 Å². The number of guanidine groups is 1. The summed E-state index contributed by atoms with van der Waals surface area (Å²) in [7, 11) is 0. The van der Waals surface area contributed by atoms with Crippen LogP contribution in [0.4, 0.5) is 0 Å². The molecular formula is C18H27N3O2S. The summed E-state index contributed by atoms with van der Waals surface area (Å²) in [5.74, 6) is 1.73. The summed E-state index contributed by atoms with van der Waals surface area (Å²) in [6, 6.07) is 7.78. The second-order valence-electron chi connectivity index (χ2n) is 6.22. The van der Waals surface area contributed by atoms with E-state index in [-0.39, 0.29) is 6.54 Å². The van der Waals surface area contributed by atoms with Crippen LogP contribution in [0.3, 0.4) is 0 Å². The molecule has 0 saturated carbocycles. The Labute approximate surface area is 147 Å². The lowest BCUT2D eigenvalue weighted by atomic mass is 10.0. The molecule has 2 aromatic heterocycles. The Kier molecular flexibility index (Phi) is 6.87. The topological polar surface area (TPSA) is 69.8 Å². The van der Waals surface area contributed by atoms with Crippen LogP contribution >= 0.6 is 11.3 Å². The van der Waals surface area contributed by atoms with Crippen LogP contribution in [0.15, 0.2) is 45.3 Å². The Hall–Kier alpha value is -1.79. The second-order valence-corrected chi connectivity index (χ2v) is 7.25. The van der Waals surface area contributed by atoms with Crippen molar-refractivity contribution in [3.63, 3.8) is 0 Å². The van der Waals surface area contributed by atoms with Gasteiger partial charge >= 0.3 is 0 Å². The molecule has 2 heterocycles. The number of aliphatic hydroxyl groups is 1. The Morgan fingerprint density at radius 3 is 2.83 bits per heavy atom. The molecule has 2 unspecified atom stereocenters. The number of furan rings is 1. The fraction of sp³-hybridized carbons (Fsp3) is 0.500. The monoisotopic (exact) mass is 349 g/mol. The van der Waals surface area contributed by atoms with E-state index >= 15 is 0 Å². The molecule has 0 amide bonds. The van der Waals surface area contributed by atoms with E-state index in [0.717, 1.165) is 19.5 Å². The molecular weight excluding hydrogens is 322 g/mol. The van der Waals surface area contributed by atoms with E-state index in [4.69, 9.17) is 4.42 Å². The van der Waals surface area contributed by atoms with Crippen molar-refractivity contribution in [2.24, 2.45) is 10.9 Å². The molecule has 0 aliphatic carbocycles. The van der Waals surface area contributed by atoms with Crippen LogP contribution in [0.25, 0.3) is 0 Å². The van der Waals surface area contributed by atoms with Crippen molar-refractivity contribution in [1.29, 1.82) is 0 Å². The summed E-state index contributed by atoms with van der Waals surface area (Å²) in [6.45, 7) is 7.78. The van der Waals surface area contributed by atoms with E-state index in [1.54, 1.807) is 36.7 Å². The molecule has 5 nitrogen and oxygen atoms in total. The van der Waals surface area contributed by atoms with Crippen molar-refractivity contribution < 1.29 is 9.52 Å². The van der Waals surface area contributed by atoms with Gasteiger partial charge in [-0.25, -0.2) is 4.99 Å². The molecule has 0 radical (unpaired) electrons. The summed E-state index contributed by atoms with van der Waals surface area (Å²) in [5.41, 5.74) is -1.12. The number of aliphatic imine (C=N–C) groups is 1. The molecule has 0 aliphatic rings. The maximum absolute atomic E-state index is 10.5. The fourth-order valence-electron chi connectivity index (χ4n) is 2.35. The lowest BCUT2D eigenvalue weighted by Crippen LogP contribution is -2.40. The minimum Gasteiger partial charge on any atom is -0.466 e. The van der Waals surface area contributed by atoms with E-state index in [2.05, 4.69) is 40.1 Å². The third-order valence-corrected chi connectivity index (χ3v) is 4.59. The van der Waals surface area contributed by atoms with Crippen molar-refractivity contribution >= 4 is 17.3 Å². The van der Waals surface area contributed by atoms with Crippen LogP contribution in [-0.4, -0.2) is 30.7 Å². The highest BCUT2D eigenvalue weighted by atomic mass is 32.1. The summed E-state index contributed by atoms with van der Waals surface area (Å²) < 4.78 is 5.29. The van der Waals surface area contributed by atoms with Crippen LogP contribution in [0.5, 0.6) is 0 Å². The first-order valence-electron chi connectivity index (χ1n) is 8.32. The molecule has 6 heteroatoms. The summed E-state index contributed by atoms with van der Waals surface area (Å²) in [5, 5.41) is 19.2. The Bertz CT molecular complexity index is 606. The fourth-order valence-corrected chi connectivity index (χ4v) is 3.22. The zero-order valence-corrected chi connectivity index (χ0v) is 15.4. The van der Waals surface area contributed by atoms with Crippen molar-refractivity contribution in [2.75, 3.05) is 19.6 Å². The van der Waals surface area contributed by atoms with Gasteiger partial charge < -0.3 is 20.2 Å². The van der Waals surface area contributed by atoms with Crippen LogP contribution in [0, 0.1) is 5.92 Å². The van der Waals surface area contributed by atoms with E-state index in [0.29, 0.717) is 17.6 Å². The molecule has 0 bridgehead atoms. The molecule has 2 rings (SSSR count). The van der Waals surface area contributed by atoms with Crippen LogP contribution < -0.4 is 10.6 Å². The van der Waals surface area contributed by atoms with Crippen molar-refractivity contribution in [1.82, 2.24) is 10.6 Å². The van der Waals surface area contributed by atoms with Gasteiger partial charge in [0.05, 0.1) is 12.8 Å².